The minimum absolute atomic E-state index is 0.0802. The predicted octanol–water partition coefficient (Wildman–Crippen LogP) is 2.68. The molecule has 94 valence electrons. The zero-order chi connectivity index (χ0) is 12.8. The summed E-state index contributed by atoms with van der Waals surface area (Å²) in [6, 6.07) is 2.21. The summed E-state index contributed by atoms with van der Waals surface area (Å²) in [7, 11) is 0. The maximum atomic E-state index is 13.2. The quantitative estimate of drug-likeness (QED) is 0.481. The molecule has 5 nitrogen and oxygen atoms in total. The molecule has 2 N–H and O–H groups in total. The van der Waals surface area contributed by atoms with Crippen LogP contribution in [0.25, 0.3) is 0 Å². The van der Waals surface area contributed by atoms with E-state index in [0.29, 0.717) is 19.4 Å². The van der Waals surface area contributed by atoms with Gasteiger partial charge in [-0.05, 0) is 34.8 Å². The van der Waals surface area contributed by atoms with E-state index in [2.05, 4.69) is 21.2 Å². The Balaban J connectivity index is 2.81. The van der Waals surface area contributed by atoms with Gasteiger partial charge in [0.25, 0.3) is 5.69 Å². The highest BCUT2D eigenvalue weighted by molar-refractivity contribution is 9.10. The fourth-order valence-corrected chi connectivity index (χ4v) is 1.63. The fourth-order valence-electron chi connectivity index (χ4n) is 1.29. The van der Waals surface area contributed by atoms with Crippen molar-refractivity contribution in [2.75, 3.05) is 18.5 Å². The average molecular weight is 307 g/mol. The number of hydrogen-bond donors (Lipinski definition) is 2. The number of benzene rings is 1. The predicted molar refractivity (Wildman–Crippen MR) is 65.6 cm³/mol. The Hall–Kier alpha value is -1.21. The zero-order valence-electron chi connectivity index (χ0n) is 8.95. The molecule has 1 rings (SSSR count). The molecule has 1 aromatic carbocycles. The number of nitrogens with one attached hydrogen (secondary N) is 1. The topological polar surface area (TPSA) is 75.4 Å². The monoisotopic (exact) mass is 306 g/mol. The molecule has 0 saturated heterocycles. The van der Waals surface area contributed by atoms with E-state index >= 15 is 0 Å². The van der Waals surface area contributed by atoms with Gasteiger partial charge in [-0.1, -0.05) is 0 Å². The molecule has 0 aromatic heterocycles. The minimum Gasteiger partial charge on any atom is -0.396 e. The molecular weight excluding hydrogens is 295 g/mol. The lowest BCUT2D eigenvalue weighted by molar-refractivity contribution is -0.384. The van der Waals surface area contributed by atoms with Crippen LogP contribution in [0.3, 0.4) is 0 Å². The Bertz CT molecular complexity index is 415. The second-order valence-corrected chi connectivity index (χ2v) is 4.25. The molecule has 0 amide bonds. The molecule has 1 aromatic rings. The highest BCUT2D eigenvalue weighted by Crippen LogP contribution is 2.30. The van der Waals surface area contributed by atoms with Gasteiger partial charge >= 0.3 is 0 Å². The van der Waals surface area contributed by atoms with Crippen molar-refractivity contribution in [1.29, 1.82) is 0 Å². The highest BCUT2D eigenvalue weighted by Gasteiger charge is 2.17. The number of hydrogen-bond acceptors (Lipinski definition) is 4. The average Bonchev–Trinajstić information content (AvgIpc) is 2.28. The van der Waals surface area contributed by atoms with E-state index in [1.807, 2.05) is 0 Å². The molecule has 0 aliphatic rings. The van der Waals surface area contributed by atoms with Gasteiger partial charge in [0.2, 0.25) is 0 Å². The van der Waals surface area contributed by atoms with Gasteiger partial charge in [-0.2, -0.15) is 0 Å². The minimum atomic E-state index is -0.669. The molecule has 7 heteroatoms. The number of aliphatic hydroxyl groups excluding tert-OH is 1. The van der Waals surface area contributed by atoms with Crippen LogP contribution in [-0.4, -0.2) is 23.2 Å². The first-order valence-electron chi connectivity index (χ1n) is 5.04. The fraction of sp³-hybridized carbons (Fsp3) is 0.400. The van der Waals surface area contributed by atoms with Gasteiger partial charge in [0, 0.05) is 13.2 Å². The van der Waals surface area contributed by atoms with Gasteiger partial charge in [0.1, 0.15) is 11.5 Å². The zero-order valence-corrected chi connectivity index (χ0v) is 10.5. The van der Waals surface area contributed by atoms with Crippen LogP contribution < -0.4 is 5.32 Å². The van der Waals surface area contributed by atoms with Crippen molar-refractivity contribution in [2.24, 2.45) is 0 Å². The maximum Gasteiger partial charge on any atom is 0.295 e. The molecule has 0 radical (unpaired) electrons. The molecule has 0 saturated carbocycles. The van der Waals surface area contributed by atoms with Crippen LogP contribution in [0, 0.1) is 15.9 Å². The standard InChI is InChI=1S/C10H12BrFN2O3/c11-7-5-9(13-3-1-2-4-15)10(14(16)17)6-8(7)12/h5-6,13,15H,1-4H2. The third kappa shape index (κ3) is 3.94. The summed E-state index contributed by atoms with van der Waals surface area (Å²) in [4.78, 5) is 10.1. The normalized spacial score (nSPS) is 10.3. The summed E-state index contributed by atoms with van der Waals surface area (Å²) in [5.74, 6) is -0.669. The smallest absolute Gasteiger partial charge is 0.295 e. The van der Waals surface area contributed by atoms with Gasteiger partial charge in [0.15, 0.2) is 0 Å². The van der Waals surface area contributed by atoms with Crippen molar-refractivity contribution in [2.45, 2.75) is 12.8 Å². The number of unbranched alkanes of at least 4 members (excludes halogenated alkanes) is 1. The molecule has 0 unspecified atom stereocenters. The highest BCUT2D eigenvalue weighted by atomic mass is 79.9. The first-order valence-corrected chi connectivity index (χ1v) is 5.83. The van der Waals surface area contributed by atoms with Gasteiger partial charge in [-0.3, -0.25) is 10.1 Å². The van der Waals surface area contributed by atoms with Crippen molar-refractivity contribution in [3.8, 4) is 0 Å². The van der Waals surface area contributed by atoms with Crippen molar-refractivity contribution >= 4 is 27.3 Å². The molecule has 17 heavy (non-hydrogen) atoms. The largest absolute Gasteiger partial charge is 0.396 e. The number of rotatable bonds is 6. The Morgan fingerprint density at radius 3 is 2.76 bits per heavy atom. The van der Waals surface area contributed by atoms with Gasteiger partial charge in [0.05, 0.1) is 15.5 Å². The van der Waals surface area contributed by atoms with E-state index in [1.165, 1.54) is 6.07 Å². The Morgan fingerprint density at radius 1 is 1.47 bits per heavy atom. The number of halogens is 2. The summed E-state index contributed by atoms with van der Waals surface area (Å²) in [6.07, 6.45) is 1.30. The van der Waals surface area contributed by atoms with Gasteiger partial charge in [-0.15, -0.1) is 0 Å². The lowest BCUT2D eigenvalue weighted by Crippen LogP contribution is -2.05. The van der Waals surface area contributed by atoms with Crippen LogP contribution >= 0.6 is 15.9 Å². The van der Waals surface area contributed by atoms with Crippen molar-refractivity contribution in [1.82, 2.24) is 0 Å². The second kappa shape index (κ2) is 6.51. The van der Waals surface area contributed by atoms with Crippen LogP contribution in [0.2, 0.25) is 0 Å². The Labute approximate surface area is 106 Å². The van der Waals surface area contributed by atoms with E-state index < -0.39 is 10.7 Å². The molecule has 0 fully saturated rings. The van der Waals surface area contributed by atoms with Gasteiger partial charge in [-0.25, -0.2) is 4.39 Å². The number of anilines is 1. The number of aliphatic hydroxyl groups is 1. The molecule has 0 spiro atoms. The van der Waals surface area contributed by atoms with Crippen LogP contribution in [0.1, 0.15) is 12.8 Å². The second-order valence-electron chi connectivity index (χ2n) is 3.40. The molecule has 0 atom stereocenters. The lowest BCUT2D eigenvalue weighted by atomic mass is 10.2. The lowest BCUT2D eigenvalue weighted by Gasteiger charge is -2.07. The SMILES string of the molecule is O=[N+]([O-])c1cc(F)c(Br)cc1NCCCCO. The molecule has 0 bridgehead atoms. The summed E-state index contributed by atoms with van der Waals surface area (Å²) in [6.45, 7) is 0.566. The Morgan fingerprint density at radius 2 is 2.18 bits per heavy atom. The van der Waals surface area contributed by atoms with E-state index in [9.17, 15) is 14.5 Å². The molecule has 0 heterocycles. The Kier molecular flexibility index (Phi) is 5.30. The van der Waals surface area contributed by atoms with Crippen molar-refractivity contribution in [3.63, 3.8) is 0 Å². The van der Waals surface area contributed by atoms with E-state index in [4.69, 9.17) is 5.11 Å². The first-order chi connectivity index (χ1) is 8.06. The molecule has 0 aliphatic carbocycles. The summed E-state index contributed by atoms with van der Waals surface area (Å²) in [5, 5.41) is 22.2. The van der Waals surface area contributed by atoms with E-state index in [0.717, 1.165) is 6.07 Å². The number of nitro benzene ring substituents is 1. The molecule has 0 aliphatic heterocycles. The maximum absolute atomic E-state index is 13.2. The van der Waals surface area contributed by atoms with E-state index in [1.54, 1.807) is 0 Å². The number of nitro groups is 1. The van der Waals surface area contributed by atoms with Crippen LogP contribution in [-0.2, 0) is 0 Å². The third-order valence-electron chi connectivity index (χ3n) is 2.14. The van der Waals surface area contributed by atoms with Crippen LogP contribution in [0.4, 0.5) is 15.8 Å². The van der Waals surface area contributed by atoms with Crippen molar-refractivity contribution in [3.05, 3.63) is 32.5 Å². The summed E-state index contributed by atoms with van der Waals surface area (Å²) in [5.41, 5.74) is -0.0316. The van der Waals surface area contributed by atoms with E-state index in [-0.39, 0.29) is 22.5 Å². The molecular formula is C10H12BrFN2O3. The van der Waals surface area contributed by atoms with Crippen molar-refractivity contribution < 1.29 is 14.4 Å². The first kappa shape index (κ1) is 13.9. The van der Waals surface area contributed by atoms with Crippen LogP contribution in [0.15, 0.2) is 16.6 Å². The summed E-state index contributed by atoms with van der Waals surface area (Å²) < 4.78 is 13.3. The summed E-state index contributed by atoms with van der Waals surface area (Å²) >= 11 is 2.97. The van der Waals surface area contributed by atoms with Crippen LogP contribution in [0.5, 0.6) is 0 Å². The van der Waals surface area contributed by atoms with Gasteiger partial charge < -0.3 is 10.4 Å². The third-order valence-corrected chi connectivity index (χ3v) is 2.74. The number of nitrogens with zero attached hydrogens (tertiary/aromatic N) is 1.